The van der Waals surface area contributed by atoms with Gasteiger partial charge in [0.1, 0.15) is 6.54 Å². The largest absolute Gasteiger partial charge is 0.349 e. The average molecular weight is 372 g/mol. The maximum Gasteiger partial charge on any atom is 0.242 e. The topological polar surface area (TPSA) is 76.2 Å². The van der Waals surface area contributed by atoms with Crippen molar-refractivity contribution in [2.45, 2.75) is 45.7 Å². The predicted octanol–water partition coefficient (Wildman–Crippen LogP) is 1.99. The van der Waals surface area contributed by atoms with Crippen LogP contribution in [0.5, 0.6) is 0 Å². The number of hydrogen-bond donors (Lipinski definition) is 2. The summed E-state index contributed by atoms with van der Waals surface area (Å²) in [4.78, 5) is 19.2. The molecule has 3 aromatic rings. The summed E-state index contributed by atoms with van der Waals surface area (Å²) in [5.74, 6) is 0.396. The van der Waals surface area contributed by atoms with Crippen LogP contribution in [0.15, 0.2) is 18.5 Å². The molecule has 0 aromatic carbocycles. The van der Waals surface area contributed by atoms with Gasteiger partial charge in [0.05, 0.1) is 12.2 Å². The Morgan fingerprint density at radius 2 is 2.35 bits per heavy atom. The van der Waals surface area contributed by atoms with Gasteiger partial charge in [-0.2, -0.15) is 5.10 Å². The monoisotopic (exact) mass is 372 g/mol. The van der Waals surface area contributed by atoms with Crippen molar-refractivity contribution in [2.24, 2.45) is 0 Å². The van der Waals surface area contributed by atoms with Gasteiger partial charge in [0.25, 0.3) is 0 Å². The summed E-state index contributed by atoms with van der Waals surface area (Å²) >= 11 is 1.67. The Labute approximate surface area is 156 Å². The first-order valence-corrected chi connectivity index (χ1v) is 9.86. The molecule has 1 saturated heterocycles. The van der Waals surface area contributed by atoms with Crippen LogP contribution in [0.3, 0.4) is 0 Å². The molecule has 4 heterocycles. The summed E-state index contributed by atoms with van der Waals surface area (Å²) in [6.07, 6.45) is 6.09. The maximum atomic E-state index is 12.4. The highest BCUT2D eigenvalue weighted by molar-refractivity contribution is 7.17. The number of nitrogens with one attached hydrogen (secondary N) is 2. The Morgan fingerprint density at radius 3 is 3.12 bits per heavy atom. The van der Waals surface area contributed by atoms with Gasteiger partial charge in [-0.25, -0.2) is 4.98 Å². The third-order valence-corrected chi connectivity index (χ3v) is 6.14. The van der Waals surface area contributed by atoms with E-state index in [2.05, 4.69) is 39.0 Å². The van der Waals surface area contributed by atoms with Gasteiger partial charge < -0.3 is 10.6 Å². The number of imidazole rings is 1. The van der Waals surface area contributed by atoms with E-state index in [9.17, 15) is 4.79 Å². The highest BCUT2D eigenvalue weighted by Gasteiger charge is 2.20. The van der Waals surface area contributed by atoms with Gasteiger partial charge in [-0.15, -0.1) is 11.3 Å². The van der Waals surface area contributed by atoms with E-state index < -0.39 is 0 Å². The van der Waals surface area contributed by atoms with Gasteiger partial charge in [0.2, 0.25) is 5.91 Å². The summed E-state index contributed by atoms with van der Waals surface area (Å²) < 4.78 is 3.91. The zero-order valence-corrected chi connectivity index (χ0v) is 16.0. The van der Waals surface area contributed by atoms with E-state index in [4.69, 9.17) is 0 Å². The first-order chi connectivity index (χ1) is 12.6. The fraction of sp³-hybridized carbons (Fsp3) is 0.500. The number of fused-ring (bicyclic) bond motifs is 1. The van der Waals surface area contributed by atoms with E-state index in [0.29, 0.717) is 12.5 Å². The van der Waals surface area contributed by atoms with Crippen LogP contribution in [-0.4, -0.2) is 38.2 Å². The van der Waals surface area contributed by atoms with Crippen LogP contribution >= 0.6 is 11.3 Å². The first kappa shape index (κ1) is 17.2. The molecule has 1 fully saturated rings. The molecule has 1 aliphatic heterocycles. The number of amides is 1. The number of piperidine rings is 1. The quantitative estimate of drug-likeness (QED) is 0.718. The molecule has 2 N–H and O–H groups in total. The molecule has 1 atom stereocenters. The summed E-state index contributed by atoms with van der Waals surface area (Å²) in [6, 6.07) is 2.03. The van der Waals surface area contributed by atoms with Crippen molar-refractivity contribution in [3.63, 3.8) is 0 Å². The van der Waals surface area contributed by atoms with E-state index in [1.54, 1.807) is 17.5 Å². The van der Waals surface area contributed by atoms with Crippen molar-refractivity contribution in [1.82, 2.24) is 29.8 Å². The van der Waals surface area contributed by atoms with Gasteiger partial charge in [0.15, 0.2) is 4.96 Å². The number of aromatic nitrogens is 4. The van der Waals surface area contributed by atoms with Crippen molar-refractivity contribution in [3.8, 4) is 0 Å². The highest BCUT2D eigenvalue weighted by atomic mass is 32.1. The van der Waals surface area contributed by atoms with Crippen LogP contribution in [0.2, 0.25) is 0 Å². The Hall–Kier alpha value is -2.19. The van der Waals surface area contributed by atoms with Crippen LogP contribution in [0.1, 0.15) is 40.7 Å². The number of aryl methyl sites for hydroxylation is 2. The smallest absolute Gasteiger partial charge is 0.242 e. The lowest BCUT2D eigenvalue weighted by Crippen LogP contribution is -2.32. The fourth-order valence-electron chi connectivity index (χ4n) is 3.49. The summed E-state index contributed by atoms with van der Waals surface area (Å²) in [5, 5.41) is 10.7. The van der Waals surface area contributed by atoms with E-state index in [0.717, 1.165) is 35.9 Å². The molecule has 1 aliphatic rings. The fourth-order valence-corrected chi connectivity index (χ4v) is 4.47. The van der Waals surface area contributed by atoms with Crippen LogP contribution in [-0.2, 0) is 17.9 Å². The number of nitrogens with zero attached hydrogens (tertiary/aromatic N) is 4. The molecule has 0 bridgehead atoms. The molecule has 26 heavy (non-hydrogen) atoms. The molecule has 7 nitrogen and oxygen atoms in total. The molecule has 8 heteroatoms. The lowest BCUT2D eigenvalue weighted by molar-refractivity contribution is -0.122. The van der Waals surface area contributed by atoms with Crippen LogP contribution in [0.4, 0.5) is 0 Å². The molecule has 0 saturated carbocycles. The number of hydrogen-bond acceptors (Lipinski definition) is 5. The third kappa shape index (κ3) is 3.39. The second-order valence-corrected chi connectivity index (χ2v) is 8.04. The van der Waals surface area contributed by atoms with Crippen LogP contribution in [0.25, 0.3) is 4.96 Å². The SMILES string of the molecule is Cc1sc2nc(CNC(=O)Cn3nccc3[C@H]3CCCNC3)cn2c1C. The number of carbonyl (C=O) groups excluding carboxylic acids is 1. The lowest BCUT2D eigenvalue weighted by atomic mass is 9.96. The summed E-state index contributed by atoms with van der Waals surface area (Å²) in [6.45, 7) is 6.90. The zero-order chi connectivity index (χ0) is 18.1. The molecule has 4 rings (SSSR count). The Bertz CT molecular complexity index is 918. The Balaban J connectivity index is 1.37. The molecule has 0 radical (unpaired) electrons. The second kappa shape index (κ2) is 7.20. The van der Waals surface area contributed by atoms with Gasteiger partial charge in [-0.05, 0) is 39.3 Å². The molecule has 3 aromatic heterocycles. The number of thiazole rings is 1. The van der Waals surface area contributed by atoms with Gasteiger partial charge in [-0.3, -0.25) is 13.9 Å². The van der Waals surface area contributed by atoms with E-state index in [-0.39, 0.29) is 12.5 Å². The Kier molecular flexibility index (Phi) is 4.78. The summed E-state index contributed by atoms with van der Waals surface area (Å²) in [5.41, 5.74) is 3.23. The molecule has 1 amide bonds. The Morgan fingerprint density at radius 1 is 1.46 bits per heavy atom. The van der Waals surface area contributed by atoms with Gasteiger partial charge in [-0.1, -0.05) is 0 Å². The molecule has 0 aliphatic carbocycles. The minimum atomic E-state index is -0.0389. The molecule has 0 unspecified atom stereocenters. The predicted molar refractivity (Wildman–Crippen MR) is 101 cm³/mol. The van der Waals surface area contributed by atoms with E-state index >= 15 is 0 Å². The third-order valence-electron chi connectivity index (χ3n) is 5.06. The molecular weight excluding hydrogens is 348 g/mol. The lowest BCUT2D eigenvalue weighted by Gasteiger charge is -2.23. The minimum Gasteiger partial charge on any atom is -0.349 e. The summed E-state index contributed by atoms with van der Waals surface area (Å²) in [7, 11) is 0. The standard InChI is InChI=1S/C18H24N6OS/c1-12-13(2)26-18-22-15(10-23(12)18)9-20-17(25)11-24-16(5-7-21-24)14-4-3-6-19-8-14/h5,7,10,14,19H,3-4,6,8-9,11H2,1-2H3,(H,20,25)/t14-/m0/s1. The van der Waals surface area contributed by atoms with Crippen molar-refractivity contribution in [2.75, 3.05) is 13.1 Å². The average Bonchev–Trinajstić information content (AvgIpc) is 3.32. The van der Waals surface area contributed by atoms with Crippen molar-refractivity contribution >= 4 is 22.2 Å². The van der Waals surface area contributed by atoms with Gasteiger partial charge >= 0.3 is 0 Å². The van der Waals surface area contributed by atoms with Crippen molar-refractivity contribution < 1.29 is 4.79 Å². The maximum absolute atomic E-state index is 12.4. The van der Waals surface area contributed by atoms with Crippen molar-refractivity contribution in [1.29, 1.82) is 0 Å². The van der Waals surface area contributed by atoms with Crippen molar-refractivity contribution in [3.05, 3.63) is 40.4 Å². The highest BCUT2D eigenvalue weighted by Crippen LogP contribution is 2.23. The van der Waals surface area contributed by atoms with Crippen LogP contribution in [0, 0.1) is 13.8 Å². The minimum absolute atomic E-state index is 0.0389. The first-order valence-electron chi connectivity index (χ1n) is 9.05. The van der Waals surface area contributed by atoms with E-state index in [1.807, 2.05) is 16.9 Å². The molecule has 0 spiro atoms. The molecular formula is C18H24N6OS. The van der Waals surface area contributed by atoms with Crippen LogP contribution < -0.4 is 10.6 Å². The van der Waals surface area contributed by atoms with E-state index in [1.165, 1.54) is 17.0 Å². The van der Waals surface area contributed by atoms with Gasteiger partial charge in [0, 0.05) is 41.1 Å². The number of carbonyl (C=O) groups is 1. The zero-order valence-electron chi connectivity index (χ0n) is 15.2. The number of rotatable bonds is 5. The molecule has 138 valence electrons. The second-order valence-electron chi connectivity index (χ2n) is 6.86. The normalized spacial score (nSPS) is 17.7.